The molecule has 1 aliphatic rings. The summed E-state index contributed by atoms with van der Waals surface area (Å²) < 4.78 is 1.70. The summed E-state index contributed by atoms with van der Waals surface area (Å²) in [6, 6.07) is 17.9. The second-order valence-electron chi connectivity index (χ2n) is 6.86. The summed E-state index contributed by atoms with van der Waals surface area (Å²) in [6.45, 7) is 4.62. The van der Waals surface area contributed by atoms with Gasteiger partial charge in [0.1, 0.15) is 0 Å². The van der Waals surface area contributed by atoms with Crippen molar-refractivity contribution in [2.24, 2.45) is 0 Å². The lowest BCUT2D eigenvalue weighted by Gasteiger charge is -2.22. The van der Waals surface area contributed by atoms with E-state index < -0.39 is 0 Å². The van der Waals surface area contributed by atoms with Crippen LogP contribution in [0.15, 0.2) is 60.7 Å². The van der Waals surface area contributed by atoms with Crippen molar-refractivity contribution in [2.45, 2.75) is 26.8 Å². The summed E-state index contributed by atoms with van der Waals surface area (Å²) in [7, 11) is 0. The molecular formula is C23H22N2O2. The van der Waals surface area contributed by atoms with E-state index in [0.717, 1.165) is 34.1 Å². The lowest BCUT2D eigenvalue weighted by molar-refractivity contribution is -0.125. The van der Waals surface area contributed by atoms with E-state index in [9.17, 15) is 9.59 Å². The third kappa shape index (κ3) is 2.87. The molecule has 0 bridgehead atoms. The number of rotatable bonds is 2. The molecule has 27 heavy (non-hydrogen) atoms. The first-order chi connectivity index (χ1) is 13.1. The van der Waals surface area contributed by atoms with Crippen LogP contribution in [0.4, 0.5) is 0 Å². The number of amides is 1. The van der Waals surface area contributed by atoms with E-state index in [-0.39, 0.29) is 11.8 Å². The van der Waals surface area contributed by atoms with Crippen molar-refractivity contribution in [1.29, 1.82) is 0 Å². The standard InChI is InChI=1S/C23H22N2O2/c1-3-18-22-20(19-11-7-8-12-21(19)25(22)16(2)26)13-14-24(23(18)27)15-17-9-5-4-6-10-17/h3-12H,13-15H2,1-2H3/b18-3-. The number of allylic oxidation sites excluding steroid dienone is 1. The van der Waals surface area contributed by atoms with Crippen LogP contribution in [0.2, 0.25) is 0 Å². The van der Waals surface area contributed by atoms with Crippen molar-refractivity contribution in [3.05, 3.63) is 77.5 Å². The summed E-state index contributed by atoms with van der Waals surface area (Å²) in [4.78, 5) is 27.7. The minimum atomic E-state index is -0.0730. The molecule has 136 valence electrons. The first-order valence-electron chi connectivity index (χ1n) is 9.25. The van der Waals surface area contributed by atoms with Gasteiger partial charge in [0.2, 0.25) is 5.91 Å². The van der Waals surface area contributed by atoms with Crippen LogP contribution >= 0.6 is 0 Å². The minimum Gasteiger partial charge on any atom is -0.334 e. The van der Waals surface area contributed by atoms with Crippen LogP contribution in [0.1, 0.15) is 35.5 Å². The van der Waals surface area contributed by atoms with E-state index in [1.165, 1.54) is 0 Å². The summed E-state index contributed by atoms with van der Waals surface area (Å²) in [5.74, 6) is -0.0958. The molecule has 0 aliphatic carbocycles. The minimum absolute atomic E-state index is 0.0228. The predicted octanol–water partition coefficient (Wildman–Crippen LogP) is 4.29. The molecule has 2 aromatic carbocycles. The van der Waals surface area contributed by atoms with Gasteiger partial charge in [-0.2, -0.15) is 0 Å². The lowest BCUT2D eigenvalue weighted by Crippen LogP contribution is -2.31. The zero-order valence-corrected chi connectivity index (χ0v) is 15.6. The Morgan fingerprint density at radius 1 is 1.07 bits per heavy atom. The highest BCUT2D eigenvalue weighted by Gasteiger charge is 2.31. The van der Waals surface area contributed by atoms with Gasteiger partial charge in [-0.3, -0.25) is 14.2 Å². The molecule has 1 aromatic heterocycles. The quantitative estimate of drug-likeness (QED) is 0.641. The van der Waals surface area contributed by atoms with Crippen molar-refractivity contribution in [3.63, 3.8) is 0 Å². The van der Waals surface area contributed by atoms with Crippen molar-refractivity contribution >= 4 is 28.3 Å². The molecule has 1 amide bonds. The average Bonchev–Trinajstić information content (AvgIpc) is 2.94. The summed E-state index contributed by atoms with van der Waals surface area (Å²) in [5.41, 5.74) is 4.42. The molecule has 4 nitrogen and oxygen atoms in total. The fourth-order valence-corrected chi connectivity index (χ4v) is 4.00. The molecule has 1 aliphatic heterocycles. The monoisotopic (exact) mass is 358 g/mol. The Kier molecular flexibility index (Phi) is 4.40. The fourth-order valence-electron chi connectivity index (χ4n) is 4.00. The van der Waals surface area contributed by atoms with E-state index in [1.807, 2.05) is 72.5 Å². The van der Waals surface area contributed by atoms with Gasteiger partial charge in [0.25, 0.3) is 5.91 Å². The van der Waals surface area contributed by atoms with Gasteiger partial charge in [0.15, 0.2) is 0 Å². The Morgan fingerprint density at radius 2 is 1.78 bits per heavy atom. The largest absolute Gasteiger partial charge is 0.334 e. The number of para-hydroxylation sites is 1. The average molecular weight is 358 g/mol. The van der Waals surface area contributed by atoms with Gasteiger partial charge < -0.3 is 4.90 Å². The second kappa shape index (κ2) is 6.88. The highest BCUT2D eigenvalue weighted by Crippen LogP contribution is 2.35. The normalized spacial score (nSPS) is 15.9. The van der Waals surface area contributed by atoms with Crippen LogP contribution < -0.4 is 0 Å². The van der Waals surface area contributed by atoms with E-state index in [4.69, 9.17) is 0 Å². The van der Waals surface area contributed by atoms with Crippen LogP contribution in [0.5, 0.6) is 0 Å². The lowest BCUT2D eigenvalue weighted by atomic mass is 10.0. The fraction of sp³-hybridized carbons (Fsp3) is 0.217. The topological polar surface area (TPSA) is 42.3 Å². The zero-order valence-electron chi connectivity index (χ0n) is 15.6. The van der Waals surface area contributed by atoms with Gasteiger partial charge in [-0.05, 0) is 30.5 Å². The van der Waals surface area contributed by atoms with Gasteiger partial charge in [-0.15, -0.1) is 0 Å². The Balaban J connectivity index is 1.85. The van der Waals surface area contributed by atoms with Crippen molar-refractivity contribution in [2.75, 3.05) is 6.54 Å². The van der Waals surface area contributed by atoms with Gasteiger partial charge in [0, 0.05) is 25.4 Å². The van der Waals surface area contributed by atoms with E-state index in [1.54, 1.807) is 11.5 Å². The van der Waals surface area contributed by atoms with Gasteiger partial charge >= 0.3 is 0 Å². The third-order valence-corrected chi connectivity index (χ3v) is 5.20. The SMILES string of the molecule is C/C=C1\C(=O)N(Cc2ccccc2)CCc2c1n(C(C)=O)c1ccccc21. The molecular weight excluding hydrogens is 336 g/mol. The first kappa shape index (κ1) is 17.3. The molecule has 0 fully saturated rings. The highest BCUT2D eigenvalue weighted by atomic mass is 16.2. The molecule has 4 rings (SSSR count). The number of nitrogens with zero attached hydrogens (tertiary/aromatic N) is 2. The molecule has 4 heteroatoms. The Labute approximate surface area is 158 Å². The van der Waals surface area contributed by atoms with Crippen LogP contribution in [0.3, 0.4) is 0 Å². The molecule has 0 saturated heterocycles. The van der Waals surface area contributed by atoms with Gasteiger partial charge in [0.05, 0.1) is 16.8 Å². The Morgan fingerprint density at radius 3 is 2.48 bits per heavy atom. The molecule has 0 N–H and O–H groups in total. The van der Waals surface area contributed by atoms with Crippen LogP contribution in [0, 0.1) is 0 Å². The summed E-state index contributed by atoms with van der Waals surface area (Å²) >= 11 is 0. The van der Waals surface area contributed by atoms with E-state index in [0.29, 0.717) is 18.7 Å². The van der Waals surface area contributed by atoms with Crippen LogP contribution in [-0.2, 0) is 17.8 Å². The number of carbonyl (C=O) groups is 2. The van der Waals surface area contributed by atoms with Gasteiger partial charge in [-0.1, -0.05) is 54.6 Å². The number of aromatic nitrogens is 1. The summed E-state index contributed by atoms with van der Waals surface area (Å²) in [6.07, 6.45) is 2.56. The number of carbonyl (C=O) groups excluding carboxylic acids is 2. The van der Waals surface area contributed by atoms with Crippen molar-refractivity contribution in [3.8, 4) is 0 Å². The van der Waals surface area contributed by atoms with Crippen LogP contribution in [-0.4, -0.2) is 27.8 Å². The number of hydrogen-bond donors (Lipinski definition) is 0. The van der Waals surface area contributed by atoms with E-state index >= 15 is 0 Å². The Hall–Kier alpha value is -3.14. The second-order valence-corrected chi connectivity index (χ2v) is 6.86. The van der Waals surface area contributed by atoms with Crippen LogP contribution in [0.25, 0.3) is 16.5 Å². The molecule has 0 saturated carbocycles. The maximum atomic E-state index is 13.3. The number of hydrogen-bond acceptors (Lipinski definition) is 2. The van der Waals surface area contributed by atoms with Crippen molar-refractivity contribution < 1.29 is 9.59 Å². The molecule has 0 unspecified atom stereocenters. The van der Waals surface area contributed by atoms with Gasteiger partial charge in [-0.25, -0.2) is 0 Å². The molecule has 0 radical (unpaired) electrons. The maximum absolute atomic E-state index is 13.3. The maximum Gasteiger partial charge on any atom is 0.255 e. The third-order valence-electron chi connectivity index (χ3n) is 5.20. The predicted molar refractivity (Wildman–Crippen MR) is 107 cm³/mol. The zero-order chi connectivity index (χ0) is 19.0. The molecule has 0 spiro atoms. The highest BCUT2D eigenvalue weighted by molar-refractivity contribution is 6.22. The molecule has 3 aromatic rings. The van der Waals surface area contributed by atoms with E-state index in [2.05, 4.69) is 0 Å². The van der Waals surface area contributed by atoms with Crippen molar-refractivity contribution in [1.82, 2.24) is 9.47 Å². The molecule has 2 heterocycles. The number of benzene rings is 2. The smallest absolute Gasteiger partial charge is 0.255 e. The Bertz CT molecular complexity index is 1060. The molecule has 0 atom stereocenters. The summed E-state index contributed by atoms with van der Waals surface area (Å²) in [5, 5.41) is 1.05. The first-order valence-corrected chi connectivity index (χ1v) is 9.25. The number of fused-ring (bicyclic) bond motifs is 3.